The number of carbonyl (C=O) groups excluding carboxylic acids is 1. The van der Waals surface area contributed by atoms with E-state index in [0.717, 1.165) is 12.8 Å². The second-order valence-electron chi connectivity index (χ2n) is 5.43. The maximum atomic E-state index is 12.1. The molecule has 122 valence electrons. The molecule has 1 fully saturated rings. The van der Waals surface area contributed by atoms with Gasteiger partial charge in [-0.15, -0.1) is 0 Å². The van der Waals surface area contributed by atoms with Crippen LogP contribution in [0.15, 0.2) is 29.2 Å². The van der Waals surface area contributed by atoms with Crippen molar-refractivity contribution in [2.45, 2.75) is 31.1 Å². The van der Waals surface area contributed by atoms with Crippen LogP contribution < -0.4 is 10.0 Å². The fraction of sp³-hybridized carbons (Fsp3) is 0.533. The molecule has 0 aromatic heterocycles. The van der Waals surface area contributed by atoms with Crippen molar-refractivity contribution < 1.29 is 17.9 Å². The lowest BCUT2D eigenvalue weighted by atomic mass is 10.0. The average molecular weight is 326 g/mol. The van der Waals surface area contributed by atoms with Crippen molar-refractivity contribution in [2.24, 2.45) is 5.92 Å². The second-order valence-corrected chi connectivity index (χ2v) is 7.20. The summed E-state index contributed by atoms with van der Waals surface area (Å²) >= 11 is 0. The van der Waals surface area contributed by atoms with Crippen LogP contribution in [0.3, 0.4) is 0 Å². The Kier molecular flexibility index (Phi) is 5.93. The van der Waals surface area contributed by atoms with E-state index in [2.05, 4.69) is 10.0 Å². The molecule has 0 saturated carbocycles. The predicted octanol–water partition coefficient (Wildman–Crippen LogP) is 1.74. The Hall–Kier alpha value is -1.44. The van der Waals surface area contributed by atoms with Crippen molar-refractivity contribution in [3.63, 3.8) is 0 Å². The quantitative estimate of drug-likeness (QED) is 0.713. The van der Waals surface area contributed by atoms with E-state index in [1.807, 2.05) is 6.92 Å². The van der Waals surface area contributed by atoms with Gasteiger partial charge in [0.05, 0.1) is 18.1 Å². The highest BCUT2D eigenvalue weighted by Crippen LogP contribution is 2.18. The zero-order valence-corrected chi connectivity index (χ0v) is 13.5. The molecule has 2 rings (SSSR count). The summed E-state index contributed by atoms with van der Waals surface area (Å²) in [5, 5.41) is 2.73. The number of sulfonamides is 1. The van der Waals surface area contributed by atoms with Crippen LogP contribution in [-0.2, 0) is 19.6 Å². The molecule has 1 saturated heterocycles. The molecule has 1 aliphatic rings. The molecule has 0 atom stereocenters. The van der Waals surface area contributed by atoms with E-state index in [1.54, 1.807) is 12.1 Å². The molecule has 22 heavy (non-hydrogen) atoms. The Bertz CT molecular complexity index is 612. The number of unbranched alkanes of at least 4 members (excludes halogenated alkanes) is 1. The van der Waals surface area contributed by atoms with Gasteiger partial charge in [0.1, 0.15) is 0 Å². The molecule has 1 aliphatic heterocycles. The van der Waals surface area contributed by atoms with E-state index in [4.69, 9.17) is 4.74 Å². The average Bonchev–Trinajstić information content (AvgIpc) is 2.43. The molecular weight excluding hydrogens is 304 g/mol. The molecule has 1 aromatic rings. The number of hydrogen-bond donors (Lipinski definition) is 2. The van der Waals surface area contributed by atoms with Crippen LogP contribution in [-0.4, -0.2) is 34.1 Å². The molecular formula is C15H22N2O4S. The van der Waals surface area contributed by atoms with Gasteiger partial charge in [0.25, 0.3) is 0 Å². The lowest BCUT2D eigenvalue weighted by Crippen LogP contribution is -2.31. The Labute approximate surface area is 131 Å². The second kappa shape index (κ2) is 7.71. The number of benzene rings is 1. The zero-order valence-electron chi connectivity index (χ0n) is 12.7. The van der Waals surface area contributed by atoms with E-state index in [9.17, 15) is 13.2 Å². The molecule has 0 bridgehead atoms. The number of nitrogens with one attached hydrogen (secondary N) is 2. The molecule has 0 spiro atoms. The summed E-state index contributed by atoms with van der Waals surface area (Å²) in [7, 11) is -3.53. The Morgan fingerprint density at radius 2 is 2.14 bits per heavy atom. The lowest BCUT2D eigenvalue weighted by Gasteiger charge is -2.25. The van der Waals surface area contributed by atoms with Gasteiger partial charge in [0.2, 0.25) is 15.9 Å². The van der Waals surface area contributed by atoms with E-state index in [-0.39, 0.29) is 16.7 Å². The summed E-state index contributed by atoms with van der Waals surface area (Å²) in [4.78, 5) is 12.0. The highest BCUT2D eigenvalue weighted by atomic mass is 32.2. The van der Waals surface area contributed by atoms with Crippen LogP contribution in [0.25, 0.3) is 0 Å². The van der Waals surface area contributed by atoms with Gasteiger partial charge in [0.15, 0.2) is 0 Å². The summed E-state index contributed by atoms with van der Waals surface area (Å²) in [5.41, 5.74) is 0.489. The van der Waals surface area contributed by atoms with Gasteiger partial charge in [-0.05, 0) is 24.6 Å². The maximum absolute atomic E-state index is 12.1. The van der Waals surface area contributed by atoms with Gasteiger partial charge < -0.3 is 10.1 Å². The summed E-state index contributed by atoms with van der Waals surface area (Å²) < 4.78 is 31.9. The first-order valence-electron chi connectivity index (χ1n) is 7.48. The third kappa shape index (κ3) is 4.79. The largest absolute Gasteiger partial charge is 0.381 e. The SMILES string of the molecule is CCCCNS(=O)(=O)c1cccc(NC(=O)CC2COC2)c1. The molecule has 0 radical (unpaired) electrons. The zero-order chi connectivity index (χ0) is 16.0. The Balaban J connectivity index is 1.97. The molecule has 0 unspecified atom stereocenters. The number of anilines is 1. The normalized spacial score (nSPS) is 15.3. The minimum absolute atomic E-state index is 0.123. The molecule has 1 amide bonds. The van der Waals surface area contributed by atoms with Crippen molar-refractivity contribution in [3.8, 4) is 0 Å². The minimum atomic E-state index is -3.53. The van der Waals surface area contributed by atoms with E-state index >= 15 is 0 Å². The Morgan fingerprint density at radius 3 is 2.77 bits per heavy atom. The van der Waals surface area contributed by atoms with Gasteiger partial charge in [-0.25, -0.2) is 13.1 Å². The summed E-state index contributed by atoms with van der Waals surface area (Å²) in [6, 6.07) is 6.30. The smallest absolute Gasteiger partial charge is 0.240 e. The van der Waals surface area contributed by atoms with Gasteiger partial charge >= 0.3 is 0 Å². The molecule has 7 heteroatoms. The standard InChI is InChI=1S/C15H22N2O4S/c1-2-3-7-16-22(19,20)14-6-4-5-13(9-14)17-15(18)8-12-10-21-11-12/h4-6,9,12,16H,2-3,7-8,10-11H2,1H3,(H,17,18). The molecule has 6 nitrogen and oxygen atoms in total. The molecule has 2 N–H and O–H groups in total. The van der Waals surface area contributed by atoms with Crippen LogP contribution >= 0.6 is 0 Å². The van der Waals surface area contributed by atoms with Crippen LogP contribution in [0.5, 0.6) is 0 Å². The molecule has 1 heterocycles. The highest BCUT2D eigenvalue weighted by Gasteiger charge is 2.22. The van der Waals surface area contributed by atoms with Gasteiger partial charge in [-0.2, -0.15) is 0 Å². The van der Waals surface area contributed by atoms with Crippen molar-refractivity contribution >= 4 is 21.6 Å². The summed E-state index contributed by atoms with van der Waals surface area (Å²) in [6.45, 7) is 3.64. The predicted molar refractivity (Wildman–Crippen MR) is 84.1 cm³/mol. The van der Waals surface area contributed by atoms with Crippen molar-refractivity contribution in [2.75, 3.05) is 25.1 Å². The first-order valence-corrected chi connectivity index (χ1v) is 8.97. The minimum Gasteiger partial charge on any atom is -0.381 e. The lowest BCUT2D eigenvalue weighted by molar-refractivity contribution is -0.121. The van der Waals surface area contributed by atoms with Crippen LogP contribution in [0.4, 0.5) is 5.69 Å². The fourth-order valence-electron chi connectivity index (χ4n) is 2.08. The fourth-order valence-corrected chi connectivity index (χ4v) is 3.20. The monoisotopic (exact) mass is 326 g/mol. The van der Waals surface area contributed by atoms with E-state index in [0.29, 0.717) is 31.9 Å². The number of rotatable bonds is 8. The number of amides is 1. The number of hydrogen-bond acceptors (Lipinski definition) is 4. The van der Waals surface area contributed by atoms with Crippen molar-refractivity contribution in [1.82, 2.24) is 4.72 Å². The first-order chi connectivity index (χ1) is 10.5. The number of ether oxygens (including phenoxy) is 1. The van der Waals surface area contributed by atoms with E-state index < -0.39 is 10.0 Å². The van der Waals surface area contributed by atoms with Crippen molar-refractivity contribution in [1.29, 1.82) is 0 Å². The van der Waals surface area contributed by atoms with Crippen LogP contribution in [0, 0.1) is 5.92 Å². The first kappa shape index (κ1) is 16.9. The topological polar surface area (TPSA) is 84.5 Å². The highest BCUT2D eigenvalue weighted by molar-refractivity contribution is 7.89. The number of carbonyl (C=O) groups is 1. The van der Waals surface area contributed by atoms with Crippen molar-refractivity contribution in [3.05, 3.63) is 24.3 Å². The molecule has 1 aromatic carbocycles. The van der Waals surface area contributed by atoms with Gasteiger partial charge in [0, 0.05) is 24.6 Å². The van der Waals surface area contributed by atoms with Gasteiger partial charge in [-0.1, -0.05) is 19.4 Å². The van der Waals surface area contributed by atoms with Crippen LogP contribution in [0.2, 0.25) is 0 Å². The third-order valence-electron chi connectivity index (χ3n) is 3.43. The summed E-state index contributed by atoms with van der Waals surface area (Å²) in [5.74, 6) is 0.143. The van der Waals surface area contributed by atoms with Crippen LogP contribution in [0.1, 0.15) is 26.2 Å². The third-order valence-corrected chi connectivity index (χ3v) is 4.89. The Morgan fingerprint density at radius 1 is 1.36 bits per heavy atom. The van der Waals surface area contributed by atoms with Gasteiger partial charge in [-0.3, -0.25) is 4.79 Å². The van der Waals surface area contributed by atoms with E-state index in [1.165, 1.54) is 12.1 Å². The summed E-state index contributed by atoms with van der Waals surface area (Å²) in [6.07, 6.45) is 2.11. The maximum Gasteiger partial charge on any atom is 0.240 e. The molecule has 0 aliphatic carbocycles.